The molecule has 0 aliphatic carbocycles. The number of nitrogens with zero attached hydrogens (tertiary/aromatic N) is 2. The van der Waals surface area contributed by atoms with Gasteiger partial charge in [-0.2, -0.15) is 16.9 Å². The molecule has 5 nitrogen and oxygen atoms in total. The van der Waals surface area contributed by atoms with Gasteiger partial charge in [0.25, 0.3) is 0 Å². The number of thioether (sulfide) groups is 1. The summed E-state index contributed by atoms with van der Waals surface area (Å²) in [7, 11) is 0. The van der Waals surface area contributed by atoms with E-state index in [9.17, 15) is 4.79 Å². The van der Waals surface area contributed by atoms with Gasteiger partial charge in [0.05, 0.1) is 18.3 Å². The number of rotatable bonds is 1. The average Bonchev–Trinajstić information content (AvgIpc) is 2.82. The van der Waals surface area contributed by atoms with Crippen molar-refractivity contribution in [2.75, 3.05) is 11.5 Å². The van der Waals surface area contributed by atoms with Crippen molar-refractivity contribution in [3.8, 4) is 5.75 Å². The van der Waals surface area contributed by atoms with Crippen LogP contribution in [0.4, 0.5) is 4.79 Å². The number of aromatic nitrogens is 2. The smallest absolute Gasteiger partial charge is 0.407 e. The highest BCUT2D eigenvalue weighted by Crippen LogP contribution is 2.33. The predicted octanol–water partition coefficient (Wildman–Crippen LogP) is 1.72. The fourth-order valence-electron chi connectivity index (χ4n) is 2.06. The summed E-state index contributed by atoms with van der Waals surface area (Å²) in [6, 6.07) is 0.382. The minimum Gasteiger partial charge on any atom is -0.407 e. The van der Waals surface area contributed by atoms with Crippen LogP contribution in [-0.4, -0.2) is 27.4 Å². The van der Waals surface area contributed by atoms with E-state index < -0.39 is 0 Å². The molecule has 0 radical (unpaired) electrons. The zero-order chi connectivity index (χ0) is 11.1. The number of ether oxygens (including phenoxy) is 1. The first-order chi connectivity index (χ1) is 7.74. The van der Waals surface area contributed by atoms with E-state index >= 15 is 0 Å². The zero-order valence-electron chi connectivity index (χ0n) is 8.97. The number of hydrogen-bond acceptors (Lipinski definition) is 4. The van der Waals surface area contributed by atoms with Gasteiger partial charge in [-0.05, 0) is 19.1 Å². The minimum atomic E-state index is -0.389. The van der Waals surface area contributed by atoms with Crippen molar-refractivity contribution in [3.63, 3.8) is 0 Å². The first-order valence-electron chi connectivity index (χ1n) is 5.39. The molecule has 1 aromatic rings. The summed E-state index contributed by atoms with van der Waals surface area (Å²) in [4.78, 5) is 11.2. The molecule has 2 unspecified atom stereocenters. The van der Waals surface area contributed by atoms with Crippen LogP contribution in [-0.2, 0) is 0 Å². The van der Waals surface area contributed by atoms with Crippen LogP contribution in [0.1, 0.15) is 31.1 Å². The topological polar surface area (TPSA) is 56.1 Å². The Kier molecular flexibility index (Phi) is 2.31. The zero-order valence-corrected chi connectivity index (χ0v) is 9.79. The highest BCUT2D eigenvalue weighted by atomic mass is 32.2. The molecule has 2 atom stereocenters. The summed E-state index contributed by atoms with van der Waals surface area (Å²) in [5.41, 5.74) is 0.830. The third-order valence-corrected chi connectivity index (χ3v) is 4.10. The van der Waals surface area contributed by atoms with Crippen LogP contribution >= 0.6 is 11.8 Å². The molecule has 2 aliphatic rings. The van der Waals surface area contributed by atoms with Crippen LogP contribution in [0.25, 0.3) is 0 Å². The van der Waals surface area contributed by atoms with Gasteiger partial charge in [-0.25, -0.2) is 4.79 Å². The minimum absolute atomic E-state index is 0.0634. The van der Waals surface area contributed by atoms with Crippen molar-refractivity contribution in [1.82, 2.24) is 15.1 Å². The molecule has 0 bridgehead atoms. The molecule has 2 aliphatic heterocycles. The quantitative estimate of drug-likeness (QED) is 0.810. The largest absolute Gasteiger partial charge is 0.413 e. The Morgan fingerprint density at radius 2 is 2.56 bits per heavy atom. The molecule has 1 N–H and O–H groups in total. The molecule has 0 spiro atoms. The third kappa shape index (κ3) is 1.57. The normalized spacial score (nSPS) is 28.4. The van der Waals surface area contributed by atoms with Crippen LogP contribution in [0.2, 0.25) is 0 Å². The van der Waals surface area contributed by atoms with E-state index in [-0.39, 0.29) is 12.1 Å². The molecular weight excluding hydrogens is 226 g/mol. The number of nitrogens with one attached hydrogen (secondary N) is 1. The van der Waals surface area contributed by atoms with Gasteiger partial charge in [0.15, 0.2) is 5.75 Å². The summed E-state index contributed by atoms with van der Waals surface area (Å²) in [6.45, 7) is 1.92. The van der Waals surface area contributed by atoms with E-state index in [0.29, 0.717) is 11.8 Å². The summed E-state index contributed by atoms with van der Waals surface area (Å²) in [5.74, 6) is 2.88. The maximum Gasteiger partial charge on any atom is 0.413 e. The molecule has 16 heavy (non-hydrogen) atoms. The van der Waals surface area contributed by atoms with Crippen LogP contribution < -0.4 is 10.1 Å². The molecule has 1 amide bonds. The van der Waals surface area contributed by atoms with Gasteiger partial charge in [0.1, 0.15) is 5.69 Å². The van der Waals surface area contributed by atoms with Crippen molar-refractivity contribution in [2.45, 2.75) is 25.4 Å². The molecule has 6 heteroatoms. The number of hydrogen-bond donors (Lipinski definition) is 1. The Labute approximate surface area is 97.5 Å². The van der Waals surface area contributed by atoms with Gasteiger partial charge in [-0.1, -0.05) is 0 Å². The highest BCUT2D eigenvalue weighted by molar-refractivity contribution is 7.99. The first-order valence-corrected chi connectivity index (χ1v) is 6.54. The van der Waals surface area contributed by atoms with Crippen molar-refractivity contribution in [3.05, 3.63) is 11.9 Å². The lowest BCUT2D eigenvalue weighted by Crippen LogP contribution is -2.34. The van der Waals surface area contributed by atoms with Crippen LogP contribution in [0, 0.1) is 0 Å². The second-order valence-electron chi connectivity index (χ2n) is 4.13. The van der Waals surface area contributed by atoms with Crippen LogP contribution in [0.5, 0.6) is 5.75 Å². The van der Waals surface area contributed by atoms with Crippen molar-refractivity contribution >= 4 is 17.9 Å². The van der Waals surface area contributed by atoms with E-state index in [2.05, 4.69) is 10.4 Å². The standard InChI is InChI=1S/C10H13N3O2S/c1-6-9-8(15-10(14)11-6)4-13(12-9)7-2-3-16-5-7/h4,6-7H,2-3,5H2,1H3,(H,11,14). The van der Waals surface area contributed by atoms with E-state index in [1.807, 2.05) is 29.6 Å². The van der Waals surface area contributed by atoms with E-state index in [1.165, 1.54) is 5.75 Å². The van der Waals surface area contributed by atoms with Gasteiger partial charge >= 0.3 is 6.09 Å². The third-order valence-electron chi connectivity index (χ3n) is 2.95. The molecule has 86 valence electrons. The molecule has 1 fully saturated rings. The Bertz CT molecular complexity index is 426. The SMILES string of the molecule is CC1NC(=O)Oc2cn(C3CCSC3)nc21. The molecule has 3 heterocycles. The van der Waals surface area contributed by atoms with Crippen molar-refractivity contribution < 1.29 is 9.53 Å². The average molecular weight is 239 g/mol. The number of carbonyl (C=O) groups is 1. The Morgan fingerprint density at radius 1 is 1.69 bits per heavy atom. The fraction of sp³-hybridized carbons (Fsp3) is 0.600. The van der Waals surface area contributed by atoms with Gasteiger partial charge in [-0.15, -0.1) is 0 Å². The van der Waals surface area contributed by atoms with Gasteiger partial charge in [-0.3, -0.25) is 4.68 Å². The maximum atomic E-state index is 11.2. The van der Waals surface area contributed by atoms with Gasteiger partial charge < -0.3 is 10.1 Å². The molecular formula is C10H13N3O2S. The Hall–Kier alpha value is -1.17. The Balaban J connectivity index is 1.93. The lowest BCUT2D eigenvalue weighted by atomic mass is 10.2. The second kappa shape index (κ2) is 3.69. The van der Waals surface area contributed by atoms with Gasteiger partial charge in [0.2, 0.25) is 0 Å². The monoisotopic (exact) mass is 239 g/mol. The van der Waals surface area contributed by atoms with Crippen molar-refractivity contribution in [1.29, 1.82) is 0 Å². The lowest BCUT2D eigenvalue weighted by molar-refractivity contribution is 0.189. The maximum absolute atomic E-state index is 11.2. The molecule has 0 aromatic carbocycles. The fourth-order valence-corrected chi connectivity index (χ4v) is 3.26. The first kappa shape index (κ1) is 10.0. The van der Waals surface area contributed by atoms with Crippen LogP contribution in [0.3, 0.4) is 0 Å². The molecule has 0 saturated carbocycles. The van der Waals surface area contributed by atoms with Gasteiger partial charge in [0, 0.05) is 5.75 Å². The van der Waals surface area contributed by atoms with Crippen molar-refractivity contribution in [2.24, 2.45) is 0 Å². The Morgan fingerprint density at radius 3 is 3.31 bits per heavy atom. The number of amides is 1. The summed E-state index contributed by atoms with van der Waals surface area (Å²) >= 11 is 1.94. The molecule has 1 aromatic heterocycles. The lowest BCUT2D eigenvalue weighted by Gasteiger charge is -2.17. The molecule has 3 rings (SSSR count). The highest BCUT2D eigenvalue weighted by Gasteiger charge is 2.28. The van der Waals surface area contributed by atoms with E-state index in [4.69, 9.17) is 4.74 Å². The van der Waals surface area contributed by atoms with Crippen LogP contribution in [0.15, 0.2) is 6.20 Å². The van der Waals surface area contributed by atoms with E-state index in [1.54, 1.807) is 0 Å². The molecule has 1 saturated heterocycles. The number of carbonyl (C=O) groups excluding carboxylic acids is 1. The second-order valence-corrected chi connectivity index (χ2v) is 5.28. The number of fused-ring (bicyclic) bond motifs is 1. The summed E-state index contributed by atoms with van der Waals surface area (Å²) in [5, 5.41) is 7.21. The summed E-state index contributed by atoms with van der Waals surface area (Å²) in [6.07, 6.45) is 2.60. The van der Waals surface area contributed by atoms with E-state index in [0.717, 1.165) is 17.9 Å². The predicted molar refractivity (Wildman–Crippen MR) is 60.8 cm³/mol. The summed E-state index contributed by atoms with van der Waals surface area (Å²) < 4.78 is 7.05.